The molecule has 2 N–H and O–H groups in total. The number of benzene rings is 1. The van der Waals surface area contributed by atoms with E-state index >= 15 is 0 Å². The first kappa shape index (κ1) is 26.1. The Morgan fingerprint density at radius 2 is 1.94 bits per heavy atom. The van der Waals surface area contributed by atoms with Crippen LogP contribution in [-0.2, 0) is 16.2 Å². The van der Waals surface area contributed by atoms with Gasteiger partial charge in [0.1, 0.15) is 18.1 Å². The third-order valence-corrected chi connectivity index (χ3v) is 7.60. The van der Waals surface area contributed by atoms with Gasteiger partial charge in [-0.25, -0.2) is 18.6 Å². The van der Waals surface area contributed by atoms with E-state index in [1.54, 1.807) is 18.3 Å². The van der Waals surface area contributed by atoms with Crippen LogP contribution in [0, 0.1) is 17.0 Å². The highest BCUT2D eigenvalue weighted by Crippen LogP contribution is 2.34. The van der Waals surface area contributed by atoms with Crippen LogP contribution in [0.1, 0.15) is 6.92 Å². The number of nitrogens with zero attached hydrogens (tertiary/aromatic N) is 2. The van der Waals surface area contributed by atoms with Crippen LogP contribution in [0.2, 0.25) is 25.7 Å². The molecule has 1 aliphatic rings. The Morgan fingerprint density at radius 1 is 1.22 bits per heavy atom. The second-order valence-corrected chi connectivity index (χ2v) is 16.3. The van der Waals surface area contributed by atoms with Crippen molar-refractivity contribution in [2.45, 2.75) is 39.3 Å². The van der Waals surface area contributed by atoms with Gasteiger partial charge in [0.25, 0.3) is 0 Å². The van der Waals surface area contributed by atoms with E-state index in [0.29, 0.717) is 44.1 Å². The van der Waals surface area contributed by atoms with Crippen molar-refractivity contribution in [1.82, 2.24) is 14.9 Å². The van der Waals surface area contributed by atoms with Crippen LogP contribution in [0.4, 0.5) is 19.3 Å². The van der Waals surface area contributed by atoms with Gasteiger partial charge in [0.2, 0.25) is 0 Å². The van der Waals surface area contributed by atoms with E-state index in [4.69, 9.17) is 14.2 Å². The zero-order valence-electron chi connectivity index (χ0n) is 21.0. The van der Waals surface area contributed by atoms with E-state index < -0.39 is 31.5 Å². The van der Waals surface area contributed by atoms with E-state index in [-0.39, 0.29) is 16.9 Å². The number of pyridine rings is 1. The molecule has 1 fully saturated rings. The fourth-order valence-corrected chi connectivity index (χ4v) is 4.42. The molecule has 3 aromatic rings. The molecule has 0 aliphatic carbocycles. The molecule has 1 aliphatic heterocycles. The van der Waals surface area contributed by atoms with Crippen molar-refractivity contribution in [2.75, 3.05) is 31.7 Å². The van der Waals surface area contributed by atoms with Crippen molar-refractivity contribution in [3.8, 4) is 11.5 Å². The molecule has 0 atom stereocenters. The maximum absolute atomic E-state index is 14.8. The summed E-state index contributed by atoms with van der Waals surface area (Å²) in [5, 5.41) is 5.74. The number of aromatic nitrogens is 2. The molecule has 1 saturated heterocycles. The highest BCUT2D eigenvalue weighted by atomic mass is 28.3. The molecule has 36 heavy (non-hydrogen) atoms. The van der Waals surface area contributed by atoms with Gasteiger partial charge >= 0.3 is 6.03 Å². The summed E-state index contributed by atoms with van der Waals surface area (Å²) in [7, 11) is -1.19. The lowest BCUT2D eigenvalue weighted by molar-refractivity contribution is -0.0974. The number of rotatable bonds is 10. The average molecular weight is 519 g/mol. The Bertz CT molecular complexity index is 1220. The summed E-state index contributed by atoms with van der Waals surface area (Å²) in [6.45, 7) is 11.3. The van der Waals surface area contributed by atoms with Gasteiger partial charge in [-0.05, 0) is 18.2 Å². The van der Waals surface area contributed by atoms with Crippen molar-refractivity contribution in [3.63, 3.8) is 0 Å². The molecule has 8 nitrogen and oxygen atoms in total. The minimum absolute atomic E-state index is 0.0219. The Hall–Kier alpha value is -3.02. The number of hydrogen-bond acceptors (Lipinski definition) is 5. The number of carbonyl (C=O) groups is 1. The maximum Gasteiger partial charge on any atom is 0.319 e. The summed E-state index contributed by atoms with van der Waals surface area (Å²) in [5.41, 5.74) is 0.439. The van der Waals surface area contributed by atoms with E-state index in [9.17, 15) is 13.6 Å². The van der Waals surface area contributed by atoms with E-state index in [1.807, 2.05) is 11.5 Å². The number of nitrogens with one attached hydrogen (secondary N) is 2. The number of amides is 2. The SMILES string of the molecule is CC1(CNC(=O)Nc2cc(F)c(Oc3ccnc4c3ccn4COCC[Si](C)(C)C)c(F)c2)COC1. The van der Waals surface area contributed by atoms with Gasteiger partial charge in [0.15, 0.2) is 17.4 Å². The Labute approximate surface area is 209 Å². The zero-order valence-corrected chi connectivity index (χ0v) is 22.0. The largest absolute Gasteiger partial charge is 0.450 e. The molecule has 0 radical (unpaired) electrons. The average Bonchev–Trinajstić information content (AvgIpc) is 3.20. The highest BCUT2D eigenvalue weighted by molar-refractivity contribution is 6.76. The Balaban J connectivity index is 1.42. The predicted molar refractivity (Wildman–Crippen MR) is 136 cm³/mol. The Kier molecular flexibility index (Phi) is 7.62. The molecule has 194 valence electrons. The fourth-order valence-electron chi connectivity index (χ4n) is 3.66. The first-order chi connectivity index (χ1) is 17.0. The lowest BCUT2D eigenvalue weighted by Gasteiger charge is -2.37. The number of urea groups is 1. The van der Waals surface area contributed by atoms with Crippen LogP contribution < -0.4 is 15.4 Å². The van der Waals surface area contributed by atoms with Gasteiger partial charge in [-0.3, -0.25) is 0 Å². The lowest BCUT2D eigenvalue weighted by Crippen LogP contribution is -2.49. The third-order valence-electron chi connectivity index (χ3n) is 5.89. The van der Waals surface area contributed by atoms with Crippen LogP contribution in [0.25, 0.3) is 11.0 Å². The molecule has 0 spiro atoms. The first-order valence-corrected chi connectivity index (χ1v) is 15.5. The number of anilines is 1. The summed E-state index contributed by atoms with van der Waals surface area (Å²) in [6.07, 6.45) is 3.31. The van der Waals surface area contributed by atoms with Gasteiger partial charge in [-0.2, -0.15) is 0 Å². The minimum atomic E-state index is -1.19. The summed E-state index contributed by atoms with van der Waals surface area (Å²) < 4.78 is 48.0. The molecule has 4 rings (SSSR count). The van der Waals surface area contributed by atoms with Crippen LogP contribution in [-0.4, -0.2) is 50.0 Å². The van der Waals surface area contributed by atoms with Crippen molar-refractivity contribution >= 4 is 30.8 Å². The van der Waals surface area contributed by atoms with Crippen molar-refractivity contribution < 1.29 is 27.8 Å². The molecule has 11 heteroatoms. The molecule has 0 bridgehead atoms. The molecule has 2 aromatic heterocycles. The van der Waals surface area contributed by atoms with Crippen LogP contribution in [0.15, 0.2) is 36.7 Å². The van der Waals surface area contributed by atoms with E-state index in [2.05, 4.69) is 35.3 Å². The standard InChI is InChI=1S/C25H32F2N4O4Si/c1-25(14-34-15-25)13-29-24(32)30-17-11-19(26)22(20(27)12-17)35-21-5-7-28-23-18(21)6-8-31(23)16-33-9-10-36(2,3)4/h5-8,11-12H,9-10,13-16H2,1-4H3,(H2,29,30,32). The molecule has 1 aromatic carbocycles. The van der Waals surface area contributed by atoms with Crippen LogP contribution in [0.3, 0.4) is 0 Å². The molecular weight excluding hydrogens is 486 g/mol. The Morgan fingerprint density at radius 3 is 2.58 bits per heavy atom. The molecule has 2 amide bonds. The van der Waals surface area contributed by atoms with Crippen LogP contribution in [0.5, 0.6) is 11.5 Å². The van der Waals surface area contributed by atoms with Crippen molar-refractivity contribution in [1.29, 1.82) is 0 Å². The summed E-state index contributed by atoms with van der Waals surface area (Å²) in [4.78, 5) is 16.5. The quantitative estimate of drug-likeness (QED) is 0.270. The van der Waals surface area contributed by atoms with Crippen molar-refractivity contribution in [3.05, 3.63) is 48.3 Å². The van der Waals surface area contributed by atoms with Crippen LogP contribution >= 0.6 is 0 Å². The molecule has 0 unspecified atom stereocenters. The second-order valence-electron chi connectivity index (χ2n) is 10.7. The number of halogens is 2. The summed E-state index contributed by atoms with van der Waals surface area (Å²) in [6, 6.07) is 5.84. The molecule has 0 saturated carbocycles. The van der Waals surface area contributed by atoms with Gasteiger partial charge in [0, 0.05) is 56.9 Å². The maximum atomic E-state index is 14.8. The summed E-state index contributed by atoms with van der Waals surface area (Å²) >= 11 is 0. The second kappa shape index (κ2) is 10.5. The number of ether oxygens (including phenoxy) is 3. The zero-order chi connectivity index (χ0) is 25.9. The van der Waals surface area contributed by atoms with E-state index in [0.717, 1.165) is 18.2 Å². The number of fused-ring (bicyclic) bond motifs is 1. The summed E-state index contributed by atoms with van der Waals surface area (Å²) in [5.74, 6) is -2.19. The van der Waals surface area contributed by atoms with Crippen molar-refractivity contribution in [2.24, 2.45) is 5.41 Å². The highest BCUT2D eigenvalue weighted by Gasteiger charge is 2.33. The van der Waals surface area contributed by atoms with Gasteiger partial charge in [0.05, 0.1) is 18.6 Å². The normalized spacial score (nSPS) is 14.9. The number of carbonyl (C=O) groups excluding carboxylic acids is 1. The lowest BCUT2D eigenvalue weighted by atomic mass is 9.89. The molecule has 3 heterocycles. The predicted octanol–water partition coefficient (Wildman–Crippen LogP) is 5.58. The van der Waals surface area contributed by atoms with Gasteiger partial charge in [-0.15, -0.1) is 0 Å². The van der Waals surface area contributed by atoms with Gasteiger partial charge < -0.3 is 29.4 Å². The van der Waals surface area contributed by atoms with Gasteiger partial charge in [-0.1, -0.05) is 26.6 Å². The topological polar surface area (TPSA) is 86.6 Å². The number of hydrogen-bond donors (Lipinski definition) is 2. The molecular formula is C25H32F2N4O4Si. The first-order valence-electron chi connectivity index (χ1n) is 11.8. The smallest absolute Gasteiger partial charge is 0.319 e. The fraction of sp³-hybridized carbons (Fsp3) is 0.440. The monoisotopic (exact) mass is 518 g/mol. The third kappa shape index (κ3) is 6.39. The minimum Gasteiger partial charge on any atom is -0.450 e. The van der Waals surface area contributed by atoms with E-state index in [1.165, 1.54) is 6.20 Å².